The van der Waals surface area contributed by atoms with Gasteiger partial charge in [-0.2, -0.15) is 0 Å². The highest BCUT2D eigenvalue weighted by Crippen LogP contribution is 2.17. The van der Waals surface area contributed by atoms with Gasteiger partial charge in [-0.05, 0) is 24.8 Å². The molecular formula is C11H16N2OS. The zero-order valence-corrected chi connectivity index (χ0v) is 9.59. The summed E-state index contributed by atoms with van der Waals surface area (Å²) in [4.78, 5) is 12.7. The van der Waals surface area contributed by atoms with E-state index in [0.717, 1.165) is 4.88 Å². The molecule has 4 heteroatoms. The van der Waals surface area contributed by atoms with Gasteiger partial charge >= 0.3 is 0 Å². The van der Waals surface area contributed by atoms with Crippen LogP contribution in [-0.2, 0) is 4.79 Å². The van der Waals surface area contributed by atoms with Crippen LogP contribution in [0.1, 0.15) is 24.3 Å². The second-order valence-electron chi connectivity index (χ2n) is 3.38. The molecule has 0 aliphatic rings. The lowest BCUT2D eigenvalue weighted by Gasteiger charge is -2.15. The molecule has 3 nitrogen and oxygen atoms in total. The Morgan fingerprint density at radius 1 is 1.80 bits per heavy atom. The van der Waals surface area contributed by atoms with Gasteiger partial charge in [0.2, 0.25) is 5.91 Å². The third kappa shape index (κ3) is 3.49. The lowest BCUT2D eigenvalue weighted by atomic mass is 10.2. The van der Waals surface area contributed by atoms with Gasteiger partial charge in [0, 0.05) is 4.88 Å². The predicted octanol–water partition coefficient (Wildman–Crippen LogP) is 1.83. The van der Waals surface area contributed by atoms with Gasteiger partial charge in [0.25, 0.3) is 0 Å². The van der Waals surface area contributed by atoms with Gasteiger partial charge < -0.3 is 11.1 Å². The summed E-state index contributed by atoms with van der Waals surface area (Å²) < 4.78 is 0. The maximum Gasteiger partial charge on any atom is 0.237 e. The summed E-state index contributed by atoms with van der Waals surface area (Å²) in [6, 6.07) is 3.49. The van der Waals surface area contributed by atoms with E-state index in [2.05, 4.69) is 11.9 Å². The van der Waals surface area contributed by atoms with E-state index in [9.17, 15) is 4.79 Å². The van der Waals surface area contributed by atoms with E-state index in [1.807, 2.05) is 24.4 Å². The van der Waals surface area contributed by atoms with Crippen LogP contribution < -0.4 is 11.1 Å². The highest BCUT2D eigenvalue weighted by Gasteiger charge is 2.15. The fraction of sp³-hybridized carbons (Fsp3) is 0.364. The van der Waals surface area contributed by atoms with Crippen molar-refractivity contribution in [3.05, 3.63) is 35.0 Å². The Labute approximate surface area is 94.0 Å². The Morgan fingerprint density at radius 2 is 2.53 bits per heavy atom. The molecule has 3 N–H and O–H groups in total. The number of nitrogens with one attached hydrogen (secondary N) is 1. The Balaban J connectivity index is 2.48. The molecule has 15 heavy (non-hydrogen) atoms. The van der Waals surface area contributed by atoms with Crippen LogP contribution in [0.2, 0.25) is 0 Å². The smallest absolute Gasteiger partial charge is 0.237 e. The van der Waals surface area contributed by atoms with E-state index >= 15 is 0 Å². The van der Waals surface area contributed by atoms with E-state index in [0.29, 0.717) is 6.42 Å². The number of hydrogen-bond acceptors (Lipinski definition) is 3. The average Bonchev–Trinajstić information content (AvgIpc) is 2.70. The van der Waals surface area contributed by atoms with Crippen LogP contribution in [-0.4, -0.2) is 11.9 Å². The first-order valence-corrected chi connectivity index (χ1v) is 5.73. The van der Waals surface area contributed by atoms with E-state index in [-0.39, 0.29) is 11.9 Å². The third-order valence-electron chi connectivity index (χ3n) is 2.09. The zero-order valence-electron chi connectivity index (χ0n) is 8.77. The Kier molecular flexibility index (Phi) is 4.52. The molecule has 82 valence electrons. The summed E-state index contributed by atoms with van der Waals surface area (Å²) >= 11 is 1.62. The number of carbonyl (C=O) groups is 1. The van der Waals surface area contributed by atoms with Gasteiger partial charge in [-0.1, -0.05) is 12.1 Å². The number of hydrogen-bond donors (Lipinski definition) is 2. The van der Waals surface area contributed by atoms with Crippen LogP contribution in [0.3, 0.4) is 0 Å². The van der Waals surface area contributed by atoms with Crippen molar-refractivity contribution in [2.75, 3.05) is 0 Å². The summed E-state index contributed by atoms with van der Waals surface area (Å²) in [5.74, 6) is -0.129. The number of carbonyl (C=O) groups excluding carboxylic acids is 1. The molecular weight excluding hydrogens is 208 g/mol. The molecule has 0 saturated heterocycles. The van der Waals surface area contributed by atoms with Crippen molar-refractivity contribution in [3.8, 4) is 0 Å². The highest BCUT2D eigenvalue weighted by atomic mass is 32.1. The molecule has 0 aliphatic heterocycles. The van der Waals surface area contributed by atoms with Crippen molar-refractivity contribution in [3.63, 3.8) is 0 Å². The molecule has 0 radical (unpaired) electrons. The molecule has 0 spiro atoms. The molecule has 0 fully saturated rings. The molecule has 0 aliphatic carbocycles. The average molecular weight is 224 g/mol. The summed E-state index contributed by atoms with van der Waals surface area (Å²) in [6.45, 7) is 5.50. The predicted molar refractivity (Wildman–Crippen MR) is 63.7 cm³/mol. The molecule has 1 heterocycles. The van der Waals surface area contributed by atoms with E-state index < -0.39 is 6.04 Å². The molecule has 0 bridgehead atoms. The normalized spacial score (nSPS) is 14.3. The first-order chi connectivity index (χ1) is 7.15. The van der Waals surface area contributed by atoms with Crippen molar-refractivity contribution in [1.29, 1.82) is 0 Å². The molecule has 1 aromatic rings. The lowest BCUT2D eigenvalue weighted by molar-refractivity contribution is -0.122. The lowest BCUT2D eigenvalue weighted by Crippen LogP contribution is -2.41. The summed E-state index contributed by atoms with van der Waals surface area (Å²) in [7, 11) is 0. The van der Waals surface area contributed by atoms with Gasteiger partial charge in [0.15, 0.2) is 0 Å². The Bertz CT molecular complexity index is 321. The second-order valence-corrected chi connectivity index (χ2v) is 4.36. The molecule has 1 amide bonds. The van der Waals surface area contributed by atoms with Gasteiger partial charge in [-0.25, -0.2) is 0 Å². The topological polar surface area (TPSA) is 55.1 Å². The highest BCUT2D eigenvalue weighted by molar-refractivity contribution is 7.10. The number of thiophene rings is 1. The summed E-state index contributed by atoms with van der Waals surface area (Å²) in [5.41, 5.74) is 5.65. The molecule has 1 rings (SSSR count). The van der Waals surface area contributed by atoms with Crippen LogP contribution in [0, 0.1) is 0 Å². The van der Waals surface area contributed by atoms with Crippen molar-refractivity contribution in [2.45, 2.75) is 25.4 Å². The molecule has 2 unspecified atom stereocenters. The molecule has 1 aromatic heterocycles. The summed E-state index contributed by atoms with van der Waals surface area (Å²) in [5, 5.41) is 4.85. The van der Waals surface area contributed by atoms with Crippen molar-refractivity contribution >= 4 is 17.2 Å². The van der Waals surface area contributed by atoms with Gasteiger partial charge in [-0.3, -0.25) is 4.79 Å². The van der Waals surface area contributed by atoms with Crippen molar-refractivity contribution < 1.29 is 4.79 Å². The maximum absolute atomic E-state index is 11.6. The second kappa shape index (κ2) is 5.68. The van der Waals surface area contributed by atoms with Gasteiger partial charge in [0.05, 0.1) is 12.1 Å². The number of rotatable bonds is 5. The van der Waals surface area contributed by atoms with E-state index in [1.54, 1.807) is 17.4 Å². The van der Waals surface area contributed by atoms with Crippen LogP contribution in [0.15, 0.2) is 30.2 Å². The fourth-order valence-corrected chi connectivity index (χ4v) is 1.95. The minimum absolute atomic E-state index is 0.0216. The first kappa shape index (κ1) is 11.9. The van der Waals surface area contributed by atoms with E-state index in [1.165, 1.54) is 0 Å². The minimum atomic E-state index is -0.495. The SMILES string of the molecule is C=CCC(N)C(=O)NC(C)c1cccs1. The van der Waals surface area contributed by atoms with Gasteiger partial charge in [-0.15, -0.1) is 17.9 Å². The van der Waals surface area contributed by atoms with E-state index in [4.69, 9.17) is 5.73 Å². The minimum Gasteiger partial charge on any atom is -0.347 e. The first-order valence-electron chi connectivity index (χ1n) is 4.85. The van der Waals surface area contributed by atoms with Crippen molar-refractivity contribution in [2.24, 2.45) is 5.73 Å². The quantitative estimate of drug-likeness (QED) is 0.750. The number of amides is 1. The molecule has 0 aromatic carbocycles. The number of nitrogens with two attached hydrogens (primary N) is 1. The standard InChI is InChI=1S/C11H16N2OS/c1-3-5-9(12)11(14)13-8(2)10-6-4-7-15-10/h3-4,6-9H,1,5,12H2,2H3,(H,13,14). The van der Waals surface area contributed by atoms with Gasteiger partial charge in [0.1, 0.15) is 0 Å². The van der Waals surface area contributed by atoms with Crippen LogP contribution in [0.5, 0.6) is 0 Å². The molecule has 2 atom stereocenters. The van der Waals surface area contributed by atoms with Crippen LogP contribution in [0.4, 0.5) is 0 Å². The summed E-state index contributed by atoms with van der Waals surface area (Å²) in [6.07, 6.45) is 2.16. The Hall–Kier alpha value is -1.13. The van der Waals surface area contributed by atoms with Crippen LogP contribution >= 0.6 is 11.3 Å². The monoisotopic (exact) mass is 224 g/mol. The maximum atomic E-state index is 11.6. The van der Waals surface area contributed by atoms with Crippen molar-refractivity contribution in [1.82, 2.24) is 5.32 Å². The Morgan fingerprint density at radius 3 is 3.07 bits per heavy atom. The largest absolute Gasteiger partial charge is 0.347 e. The zero-order chi connectivity index (χ0) is 11.3. The van der Waals surface area contributed by atoms with Crippen LogP contribution in [0.25, 0.3) is 0 Å². The third-order valence-corrected chi connectivity index (χ3v) is 3.14. The fourth-order valence-electron chi connectivity index (χ4n) is 1.22. The molecule has 0 saturated carbocycles.